The third-order valence-corrected chi connectivity index (χ3v) is 3.88. The van der Waals surface area contributed by atoms with Gasteiger partial charge < -0.3 is 10.1 Å². The SMILES string of the molecule is Cc1ccc(NC(=O)c2cccc(Oc3cc(C)c([N+](=O)[O-])cn3)c2)cc1. The Morgan fingerprint density at radius 2 is 1.85 bits per heavy atom. The molecule has 3 aromatic rings. The molecule has 0 aliphatic rings. The molecule has 1 heterocycles. The maximum absolute atomic E-state index is 12.4. The van der Waals surface area contributed by atoms with Crippen molar-refractivity contribution in [1.82, 2.24) is 4.98 Å². The molecule has 0 aliphatic carbocycles. The molecule has 0 fully saturated rings. The predicted molar refractivity (Wildman–Crippen MR) is 101 cm³/mol. The van der Waals surface area contributed by atoms with E-state index >= 15 is 0 Å². The summed E-state index contributed by atoms with van der Waals surface area (Å²) in [6, 6.07) is 15.6. The zero-order chi connectivity index (χ0) is 19.4. The lowest BCUT2D eigenvalue weighted by Gasteiger charge is -2.09. The first kappa shape index (κ1) is 18.1. The zero-order valence-electron chi connectivity index (χ0n) is 14.8. The van der Waals surface area contributed by atoms with Gasteiger partial charge in [0.05, 0.1) is 4.92 Å². The number of pyridine rings is 1. The maximum Gasteiger partial charge on any atom is 0.290 e. The number of aromatic nitrogens is 1. The van der Waals surface area contributed by atoms with E-state index in [1.807, 2.05) is 31.2 Å². The Bertz CT molecular complexity index is 1000. The van der Waals surface area contributed by atoms with E-state index in [4.69, 9.17) is 4.74 Å². The summed E-state index contributed by atoms with van der Waals surface area (Å²) in [5.74, 6) is 0.360. The maximum atomic E-state index is 12.4. The largest absolute Gasteiger partial charge is 0.439 e. The quantitative estimate of drug-likeness (QED) is 0.526. The summed E-state index contributed by atoms with van der Waals surface area (Å²) in [4.78, 5) is 26.7. The Labute approximate surface area is 155 Å². The molecule has 0 saturated carbocycles. The number of anilines is 1. The molecule has 2 aromatic carbocycles. The summed E-state index contributed by atoms with van der Waals surface area (Å²) in [5.41, 5.74) is 2.59. The number of nitro groups is 1. The zero-order valence-corrected chi connectivity index (χ0v) is 14.8. The van der Waals surface area contributed by atoms with E-state index in [0.717, 1.165) is 11.8 Å². The average Bonchev–Trinajstić information content (AvgIpc) is 2.63. The number of carbonyl (C=O) groups excluding carboxylic acids is 1. The molecule has 1 amide bonds. The van der Waals surface area contributed by atoms with Crippen molar-refractivity contribution in [2.24, 2.45) is 0 Å². The Balaban J connectivity index is 1.75. The van der Waals surface area contributed by atoms with Crippen molar-refractivity contribution in [1.29, 1.82) is 0 Å². The molecular formula is C20H17N3O4. The van der Waals surface area contributed by atoms with Crippen molar-refractivity contribution in [3.05, 3.63) is 87.6 Å². The van der Waals surface area contributed by atoms with E-state index in [9.17, 15) is 14.9 Å². The first-order valence-corrected chi connectivity index (χ1v) is 8.19. The topological polar surface area (TPSA) is 94.4 Å². The van der Waals surface area contributed by atoms with Gasteiger partial charge in [0.2, 0.25) is 5.88 Å². The van der Waals surface area contributed by atoms with E-state index in [0.29, 0.717) is 22.6 Å². The summed E-state index contributed by atoms with van der Waals surface area (Å²) in [6.45, 7) is 3.58. The van der Waals surface area contributed by atoms with Crippen molar-refractivity contribution < 1.29 is 14.5 Å². The van der Waals surface area contributed by atoms with Gasteiger partial charge in [-0.3, -0.25) is 14.9 Å². The number of aryl methyl sites for hydroxylation is 2. The Morgan fingerprint density at radius 1 is 1.11 bits per heavy atom. The number of hydrogen-bond donors (Lipinski definition) is 1. The second-order valence-corrected chi connectivity index (χ2v) is 6.02. The molecule has 0 unspecified atom stereocenters. The van der Waals surface area contributed by atoms with Gasteiger partial charge >= 0.3 is 0 Å². The lowest BCUT2D eigenvalue weighted by Crippen LogP contribution is -2.11. The molecule has 0 spiro atoms. The molecule has 0 atom stereocenters. The number of ether oxygens (including phenoxy) is 1. The minimum absolute atomic E-state index is 0.0754. The molecular weight excluding hydrogens is 346 g/mol. The van der Waals surface area contributed by atoms with Gasteiger partial charge in [-0.2, -0.15) is 0 Å². The Hall–Kier alpha value is -3.74. The molecule has 0 aliphatic heterocycles. The third kappa shape index (κ3) is 4.46. The Kier molecular flexibility index (Phi) is 5.12. The fourth-order valence-electron chi connectivity index (χ4n) is 2.43. The number of benzene rings is 2. The summed E-state index contributed by atoms with van der Waals surface area (Å²) >= 11 is 0. The molecule has 7 nitrogen and oxygen atoms in total. The second-order valence-electron chi connectivity index (χ2n) is 6.02. The molecule has 27 heavy (non-hydrogen) atoms. The minimum Gasteiger partial charge on any atom is -0.439 e. The number of hydrogen-bond acceptors (Lipinski definition) is 5. The highest BCUT2D eigenvalue weighted by Gasteiger charge is 2.13. The van der Waals surface area contributed by atoms with Crippen LogP contribution in [0.15, 0.2) is 60.8 Å². The highest BCUT2D eigenvalue weighted by atomic mass is 16.6. The summed E-state index contributed by atoms with van der Waals surface area (Å²) in [6.07, 6.45) is 1.15. The lowest BCUT2D eigenvalue weighted by atomic mass is 10.2. The van der Waals surface area contributed by atoms with Crippen LogP contribution >= 0.6 is 0 Å². The first-order valence-electron chi connectivity index (χ1n) is 8.19. The standard InChI is InChI=1S/C20H17N3O4/c1-13-6-8-16(9-7-13)22-20(24)15-4-3-5-17(11-15)27-19-10-14(2)18(12-21-19)23(25)26/h3-12H,1-2H3,(H,22,24). The molecule has 1 N–H and O–H groups in total. The monoisotopic (exact) mass is 363 g/mol. The number of amides is 1. The van der Waals surface area contributed by atoms with Crippen LogP contribution in [-0.4, -0.2) is 15.8 Å². The van der Waals surface area contributed by atoms with Gasteiger partial charge in [0, 0.05) is 22.9 Å². The van der Waals surface area contributed by atoms with Crippen LogP contribution in [0.4, 0.5) is 11.4 Å². The number of nitrogens with one attached hydrogen (secondary N) is 1. The molecule has 0 radical (unpaired) electrons. The minimum atomic E-state index is -0.498. The lowest BCUT2D eigenvalue weighted by molar-refractivity contribution is -0.385. The van der Waals surface area contributed by atoms with Crippen molar-refractivity contribution >= 4 is 17.3 Å². The molecule has 136 valence electrons. The van der Waals surface area contributed by atoms with Crippen molar-refractivity contribution in [2.45, 2.75) is 13.8 Å². The normalized spacial score (nSPS) is 10.3. The van der Waals surface area contributed by atoms with Crippen LogP contribution in [0.5, 0.6) is 11.6 Å². The smallest absolute Gasteiger partial charge is 0.290 e. The third-order valence-electron chi connectivity index (χ3n) is 3.88. The van der Waals surface area contributed by atoms with Gasteiger partial charge in [0.1, 0.15) is 11.9 Å². The van der Waals surface area contributed by atoms with Crippen LogP contribution in [-0.2, 0) is 0 Å². The van der Waals surface area contributed by atoms with E-state index < -0.39 is 4.92 Å². The summed E-state index contributed by atoms with van der Waals surface area (Å²) in [5, 5.41) is 13.7. The van der Waals surface area contributed by atoms with Crippen LogP contribution in [0.25, 0.3) is 0 Å². The highest BCUT2D eigenvalue weighted by molar-refractivity contribution is 6.04. The van der Waals surface area contributed by atoms with Crippen molar-refractivity contribution in [2.75, 3.05) is 5.32 Å². The Morgan fingerprint density at radius 3 is 2.52 bits per heavy atom. The van der Waals surface area contributed by atoms with Crippen molar-refractivity contribution in [3.8, 4) is 11.6 Å². The second kappa shape index (κ2) is 7.65. The average molecular weight is 363 g/mol. The molecule has 0 bridgehead atoms. The molecule has 3 rings (SSSR count). The molecule has 0 saturated heterocycles. The van der Waals surface area contributed by atoms with Gasteiger partial charge in [-0.1, -0.05) is 23.8 Å². The summed E-state index contributed by atoms with van der Waals surface area (Å²) in [7, 11) is 0. The summed E-state index contributed by atoms with van der Waals surface area (Å²) < 4.78 is 5.64. The van der Waals surface area contributed by atoms with Crippen molar-refractivity contribution in [3.63, 3.8) is 0 Å². The predicted octanol–water partition coefficient (Wildman–Crippen LogP) is 4.65. The number of carbonyl (C=O) groups is 1. The number of rotatable bonds is 5. The van der Waals surface area contributed by atoms with E-state index in [1.165, 1.54) is 6.07 Å². The van der Waals surface area contributed by atoms with Gasteiger partial charge in [-0.15, -0.1) is 0 Å². The molecule has 7 heteroatoms. The van der Waals surface area contributed by atoms with Gasteiger partial charge in [0.15, 0.2) is 0 Å². The first-order chi connectivity index (χ1) is 12.9. The van der Waals surface area contributed by atoms with E-state index in [2.05, 4.69) is 10.3 Å². The van der Waals surface area contributed by atoms with E-state index in [1.54, 1.807) is 31.2 Å². The van der Waals surface area contributed by atoms with Crippen LogP contribution < -0.4 is 10.1 Å². The van der Waals surface area contributed by atoms with Gasteiger partial charge in [0.25, 0.3) is 11.6 Å². The van der Waals surface area contributed by atoms with Crippen LogP contribution in [0.3, 0.4) is 0 Å². The fraction of sp³-hybridized carbons (Fsp3) is 0.100. The fourth-order valence-corrected chi connectivity index (χ4v) is 2.43. The highest BCUT2D eigenvalue weighted by Crippen LogP contribution is 2.25. The van der Waals surface area contributed by atoms with Gasteiger partial charge in [-0.05, 0) is 44.2 Å². The number of nitrogens with zero attached hydrogens (tertiary/aromatic N) is 2. The van der Waals surface area contributed by atoms with E-state index in [-0.39, 0.29) is 17.5 Å². The van der Waals surface area contributed by atoms with Crippen LogP contribution in [0.2, 0.25) is 0 Å². The van der Waals surface area contributed by atoms with Crippen LogP contribution in [0, 0.1) is 24.0 Å². The van der Waals surface area contributed by atoms with Crippen LogP contribution in [0.1, 0.15) is 21.5 Å². The molecule has 1 aromatic heterocycles. The van der Waals surface area contributed by atoms with Gasteiger partial charge in [-0.25, -0.2) is 4.98 Å².